The van der Waals surface area contributed by atoms with Gasteiger partial charge in [-0.15, -0.1) is 0 Å². The molecule has 0 fully saturated rings. The predicted molar refractivity (Wildman–Crippen MR) is 72.5 cm³/mol. The van der Waals surface area contributed by atoms with Crippen LogP contribution in [0.4, 0.5) is 0 Å². The average Bonchev–Trinajstić information content (AvgIpc) is 2.39. The maximum atomic E-state index is 5.97. The van der Waals surface area contributed by atoms with Crippen molar-refractivity contribution in [1.82, 2.24) is 0 Å². The van der Waals surface area contributed by atoms with Gasteiger partial charge in [-0.3, -0.25) is 0 Å². The second-order valence-electron chi connectivity index (χ2n) is 3.70. The Labute approximate surface area is 113 Å². The lowest BCUT2D eigenvalue weighted by atomic mass is 10.2. The van der Waals surface area contributed by atoms with Crippen molar-refractivity contribution in [3.63, 3.8) is 0 Å². The number of hydrogen-bond acceptors (Lipinski definition) is 4. The molecule has 0 atom stereocenters. The van der Waals surface area contributed by atoms with Crippen LogP contribution in [0.2, 0.25) is 5.02 Å². The van der Waals surface area contributed by atoms with Gasteiger partial charge in [0.1, 0.15) is 0 Å². The number of methoxy groups -OCH3 is 1. The molecule has 0 heterocycles. The van der Waals surface area contributed by atoms with Gasteiger partial charge in [0.05, 0.1) is 13.7 Å². The summed E-state index contributed by atoms with van der Waals surface area (Å²) in [5, 5.41) is 0.592. The first-order chi connectivity index (χ1) is 8.72. The molecular formula is C13H20ClNO3. The highest BCUT2D eigenvalue weighted by Crippen LogP contribution is 2.34. The van der Waals surface area contributed by atoms with Crippen molar-refractivity contribution in [2.75, 3.05) is 26.9 Å². The fourth-order valence-corrected chi connectivity index (χ4v) is 1.80. The SMILES string of the molecule is CCOCCCOc1c(CN)cc(Cl)cc1OC. The molecule has 0 spiro atoms. The molecule has 0 bridgehead atoms. The van der Waals surface area contributed by atoms with Crippen LogP contribution in [0.25, 0.3) is 0 Å². The van der Waals surface area contributed by atoms with E-state index in [9.17, 15) is 0 Å². The predicted octanol–water partition coefficient (Wildman–Crippen LogP) is 2.61. The Hall–Kier alpha value is -0.970. The molecule has 0 saturated heterocycles. The largest absolute Gasteiger partial charge is 0.493 e. The van der Waals surface area contributed by atoms with Crippen molar-refractivity contribution in [2.24, 2.45) is 5.73 Å². The van der Waals surface area contributed by atoms with Crippen molar-refractivity contribution in [2.45, 2.75) is 19.9 Å². The van der Waals surface area contributed by atoms with E-state index in [1.54, 1.807) is 19.2 Å². The van der Waals surface area contributed by atoms with Crippen molar-refractivity contribution in [3.8, 4) is 11.5 Å². The molecule has 0 aliphatic carbocycles. The summed E-state index contributed by atoms with van der Waals surface area (Å²) in [6, 6.07) is 3.51. The second-order valence-corrected chi connectivity index (χ2v) is 4.14. The number of nitrogens with two attached hydrogens (primary N) is 1. The molecule has 0 aromatic heterocycles. The van der Waals surface area contributed by atoms with Gasteiger partial charge < -0.3 is 19.9 Å². The average molecular weight is 274 g/mol. The van der Waals surface area contributed by atoms with Gasteiger partial charge >= 0.3 is 0 Å². The molecule has 2 N–H and O–H groups in total. The van der Waals surface area contributed by atoms with Crippen LogP contribution in [-0.4, -0.2) is 26.9 Å². The van der Waals surface area contributed by atoms with E-state index in [1.165, 1.54) is 0 Å². The third kappa shape index (κ3) is 4.37. The van der Waals surface area contributed by atoms with E-state index in [0.717, 1.165) is 18.6 Å². The van der Waals surface area contributed by atoms with E-state index in [-0.39, 0.29) is 0 Å². The molecule has 0 unspecified atom stereocenters. The maximum Gasteiger partial charge on any atom is 0.165 e. The lowest BCUT2D eigenvalue weighted by Gasteiger charge is -2.15. The molecule has 0 radical (unpaired) electrons. The highest BCUT2D eigenvalue weighted by molar-refractivity contribution is 6.30. The van der Waals surface area contributed by atoms with Crippen LogP contribution in [0.15, 0.2) is 12.1 Å². The molecule has 1 aromatic carbocycles. The number of ether oxygens (including phenoxy) is 3. The van der Waals surface area contributed by atoms with Gasteiger partial charge in [0.2, 0.25) is 0 Å². The molecular weight excluding hydrogens is 254 g/mol. The number of halogens is 1. The van der Waals surface area contributed by atoms with Gasteiger partial charge in [-0.1, -0.05) is 11.6 Å². The minimum atomic E-state index is 0.359. The molecule has 4 nitrogen and oxygen atoms in total. The van der Waals surface area contributed by atoms with Gasteiger partial charge in [-0.2, -0.15) is 0 Å². The Kier molecular flexibility index (Phi) is 6.86. The Morgan fingerprint density at radius 1 is 1.28 bits per heavy atom. The van der Waals surface area contributed by atoms with Gasteiger partial charge in [0, 0.05) is 42.8 Å². The zero-order chi connectivity index (χ0) is 13.4. The summed E-state index contributed by atoms with van der Waals surface area (Å²) in [6.07, 6.45) is 0.823. The zero-order valence-corrected chi connectivity index (χ0v) is 11.6. The fourth-order valence-electron chi connectivity index (χ4n) is 1.57. The van der Waals surface area contributed by atoms with Crippen LogP contribution in [0, 0.1) is 0 Å². The van der Waals surface area contributed by atoms with Gasteiger partial charge in [-0.05, 0) is 13.0 Å². The van der Waals surface area contributed by atoms with E-state index in [2.05, 4.69) is 0 Å². The molecule has 1 aromatic rings. The molecule has 0 saturated carbocycles. The van der Waals surface area contributed by atoms with Crippen LogP contribution < -0.4 is 15.2 Å². The van der Waals surface area contributed by atoms with E-state index in [4.69, 9.17) is 31.5 Å². The standard InChI is InChI=1S/C13H20ClNO3/c1-3-17-5-4-6-18-13-10(9-15)7-11(14)8-12(13)16-2/h7-8H,3-6,9,15H2,1-2H3. The van der Waals surface area contributed by atoms with Crippen LogP contribution in [0.1, 0.15) is 18.9 Å². The molecule has 18 heavy (non-hydrogen) atoms. The van der Waals surface area contributed by atoms with Gasteiger partial charge in [0.25, 0.3) is 0 Å². The number of benzene rings is 1. The van der Waals surface area contributed by atoms with E-state index >= 15 is 0 Å². The first-order valence-electron chi connectivity index (χ1n) is 6.00. The van der Waals surface area contributed by atoms with Crippen molar-refractivity contribution in [1.29, 1.82) is 0 Å². The smallest absolute Gasteiger partial charge is 0.165 e. The highest BCUT2D eigenvalue weighted by atomic mass is 35.5. The molecule has 0 aliphatic heterocycles. The van der Waals surface area contributed by atoms with Crippen molar-refractivity contribution in [3.05, 3.63) is 22.7 Å². The zero-order valence-electron chi connectivity index (χ0n) is 10.9. The highest BCUT2D eigenvalue weighted by Gasteiger charge is 2.11. The van der Waals surface area contributed by atoms with E-state index in [1.807, 2.05) is 6.92 Å². The number of rotatable bonds is 8. The van der Waals surface area contributed by atoms with Crippen LogP contribution in [0.3, 0.4) is 0 Å². The Morgan fingerprint density at radius 2 is 2.06 bits per heavy atom. The molecule has 102 valence electrons. The molecule has 0 amide bonds. The lowest BCUT2D eigenvalue weighted by molar-refractivity contribution is 0.130. The molecule has 1 rings (SSSR count). The first kappa shape index (κ1) is 15.1. The third-order valence-corrected chi connectivity index (χ3v) is 2.64. The summed E-state index contributed by atoms with van der Waals surface area (Å²) in [5.41, 5.74) is 6.52. The van der Waals surface area contributed by atoms with Crippen LogP contribution in [-0.2, 0) is 11.3 Å². The van der Waals surface area contributed by atoms with E-state index < -0.39 is 0 Å². The van der Waals surface area contributed by atoms with Crippen LogP contribution >= 0.6 is 11.6 Å². The topological polar surface area (TPSA) is 53.7 Å². The summed E-state index contributed by atoms with van der Waals surface area (Å²) in [4.78, 5) is 0. The summed E-state index contributed by atoms with van der Waals surface area (Å²) in [7, 11) is 1.58. The first-order valence-corrected chi connectivity index (χ1v) is 6.37. The van der Waals surface area contributed by atoms with Gasteiger partial charge in [0.15, 0.2) is 11.5 Å². The Bertz CT molecular complexity index is 346. The third-order valence-electron chi connectivity index (χ3n) is 2.42. The number of hydrogen-bond donors (Lipinski definition) is 1. The summed E-state index contributed by atoms with van der Waals surface area (Å²) in [5.74, 6) is 1.28. The van der Waals surface area contributed by atoms with Gasteiger partial charge in [-0.25, -0.2) is 0 Å². The minimum absolute atomic E-state index is 0.359. The molecule has 5 heteroatoms. The maximum absolute atomic E-state index is 5.97. The van der Waals surface area contributed by atoms with E-state index in [0.29, 0.717) is 36.3 Å². The summed E-state index contributed by atoms with van der Waals surface area (Å²) in [6.45, 7) is 4.29. The Balaban J connectivity index is 2.67. The summed E-state index contributed by atoms with van der Waals surface area (Å²) < 4.78 is 16.2. The monoisotopic (exact) mass is 273 g/mol. The van der Waals surface area contributed by atoms with Crippen molar-refractivity contribution < 1.29 is 14.2 Å². The lowest BCUT2D eigenvalue weighted by Crippen LogP contribution is -2.07. The quantitative estimate of drug-likeness (QED) is 0.740. The Morgan fingerprint density at radius 3 is 2.67 bits per heavy atom. The fraction of sp³-hybridized carbons (Fsp3) is 0.538. The summed E-state index contributed by atoms with van der Waals surface area (Å²) >= 11 is 5.97. The normalized spacial score (nSPS) is 10.4. The van der Waals surface area contributed by atoms with Crippen LogP contribution in [0.5, 0.6) is 11.5 Å². The second kappa shape index (κ2) is 8.19. The molecule has 0 aliphatic rings. The van der Waals surface area contributed by atoms with Crippen molar-refractivity contribution >= 4 is 11.6 Å². The minimum Gasteiger partial charge on any atom is -0.493 e.